The summed E-state index contributed by atoms with van der Waals surface area (Å²) in [6, 6.07) is 0.798. The van der Waals surface area contributed by atoms with Gasteiger partial charge in [-0.2, -0.15) is 11.8 Å². The number of carbonyl (C=O) groups is 1. The van der Waals surface area contributed by atoms with Crippen molar-refractivity contribution in [2.24, 2.45) is 5.92 Å². The summed E-state index contributed by atoms with van der Waals surface area (Å²) >= 11 is 2.02. The molecule has 0 aliphatic carbocycles. The van der Waals surface area contributed by atoms with E-state index in [9.17, 15) is 4.79 Å². The Kier molecular flexibility index (Phi) is 4.00. The number of amides is 2. The smallest absolute Gasteiger partial charge is 0.315 e. The number of fused-ring (bicyclic) bond motifs is 1. The van der Waals surface area contributed by atoms with Crippen molar-refractivity contribution in [3.05, 3.63) is 0 Å². The van der Waals surface area contributed by atoms with Gasteiger partial charge in [0.1, 0.15) is 0 Å². The number of nitrogens with one attached hydrogen (secondary N) is 2. The second kappa shape index (κ2) is 5.30. The minimum Gasteiger partial charge on any atom is -0.332 e. The summed E-state index contributed by atoms with van der Waals surface area (Å²) in [5.41, 5.74) is 0. The molecular formula is C12H22N2OS. The van der Waals surface area contributed by atoms with Crippen molar-refractivity contribution in [2.45, 2.75) is 56.9 Å². The van der Waals surface area contributed by atoms with Gasteiger partial charge < -0.3 is 10.6 Å². The molecule has 2 saturated heterocycles. The van der Waals surface area contributed by atoms with Gasteiger partial charge >= 0.3 is 6.03 Å². The van der Waals surface area contributed by atoms with Gasteiger partial charge in [-0.3, -0.25) is 0 Å². The molecule has 2 fully saturated rings. The summed E-state index contributed by atoms with van der Waals surface area (Å²) in [6.45, 7) is 4.56. The summed E-state index contributed by atoms with van der Waals surface area (Å²) < 4.78 is 0. The van der Waals surface area contributed by atoms with Gasteiger partial charge in [-0.25, -0.2) is 4.79 Å². The first-order chi connectivity index (χ1) is 7.66. The Morgan fingerprint density at radius 3 is 2.94 bits per heavy atom. The first-order valence-corrected chi connectivity index (χ1v) is 7.40. The van der Waals surface area contributed by atoms with Gasteiger partial charge in [-0.1, -0.05) is 33.1 Å². The van der Waals surface area contributed by atoms with Crippen LogP contribution in [-0.4, -0.2) is 29.1 Å². The number of unbranched alkanes of at least 4 members (excludes halogenated alkanes) is 1. The zero-order valence-electron chi connectivity index (χ0n) is 10.2. The van der Waals surface area contributed by atoms with E-state index in [1.807, 2.05) is 11.8 Å². The molecule has 4 heteroatoms. The Bertz CT molecular complexity index is 257. The van der Waals surface area contributed by atoms with Crippen molar-refractivity contribution < 1.29 is 4.79 Å². The zero-order chi connectivity index (χ0) is 11.5. The van der Waals surface area contributed by atoms with E-state index in [-0.39, 0.29) is 6.03 Å². The highest BCUT2D eigenvalue weighted by molar-refractivity contribution is 8.00. The molecule has 1 unspecified atom stereocenters. The van der Waals surface area contributed by atoms with Crippen molar-refractivity contribution in [3.8, 4) is 0 Å². The Morgan fingerprint density at radius 1 is 1.38 bits per heavy atom. The molecule has 16 heavy (non-hydrogen) atoms. The summed E-state index contributed by atoms with van der Waals surface area (Å²) in [6.07, 6.45) is 5.21. The third kappa shape index (κ3) is 2.84. The second-order valence-corrected chi connectivity index (χ2v) is 6.57. The number of urea groups is 1. The van der Waals surface area contributed by atoms with Crippen molar-refractivity contribution >= 4 is 17.8 Å². The molecule has 0 saturated carbocycles. The van der Waals surface area contributed by atoms with Gasteiger partial charge in [-0.05, 0) is 12.3 Å². The minimum absolute atomic E-state index is 0.0301. The van der Waals surface area contributed by atoms with E-state index < -0.39 is 0 Å². The Morgan fingerprint density at radius 2 is 2.19 bits per heavy atom. The summed E-state index contributed by atoms with van der Waals surface area (Å²) in [4.78, 5) is 11.2. The highest BCUT2D eigenvalue weighted by Gasteiger charge is 2.42. The Balaban J connectivity index is 1.68. The molecule has 3 nitrogen and oxygen atoms in total. The van der Waals surface area contributed by atoms with Crippen molar-refractivity contribution in [1.82, 2.24) is 10.6 Å². The number of carbonyl (C=O) groups excluding carboxylic acids is 1. The number of hydrogen-bond acceptors (Lipinski definition) is 2. The number of hydrogen-bond donors (Lipinski definition) is 2. The van der Waals surface area contributed by atoms with E-state index in [0.717, 1.165) is 11.7 Å². The first kappa shape index (κ1) is 12.1. The largest absolute Gasteiger partial charge is 0.332 e. The maximum absolute atomic E-state index is 11.2. The van der Waals surface area contributed by atoms with Crippen LogP contribution in [-0.2, 0) is 0 Å². The quantitative estimate of drug-likeness (QED) is 0.574. The average molecular weight is 242 g/mol. The molecule has 3 atom stereocenters. The third-order valence-electron chi connectivity index (χ3n) is 3.46. The van der Waals surface area contributed by atoms with Crippen LogP contribution >= 0.6 is 11.8 Å². The van der Waals surface area contributed by atoms with Gasteiger partial charge in [-0.15, -0.1) is 0 Å². The lowest BCUT2D eigenvalue weighted by atomic mass is 10.0. The normalized spacial score (nSPS) is 32.7. The SMILES string of the molecule is CC(C)CCCCC1SC[C@@H]2NC(=O)N[C@H]12. The summed E-state index contributed by atoms with van der Waals surface area (Å²) in [7, 11) is 0. The molecule has 2 aliphatic heterocycles. The van der Waals surface area contributed by atoms with Crippen LogP contribution in [0, 0.1) is 5.92 Å². The molecular weight excluding hydrogens is 220 g/mol. The van der Waals surface area contributed by atoms with Gasteiger partial charge in [0, 0.05) is 11.0 Å². The molecule has 2 N–H and O–H groups in total. The maximum Gasteiger partial charge on any atom is 0.315 e. The maximum atomic E-state index is 11.2. The van der Waals surface area contributed by atoms with E-state index in [2.05, 4.69) is 24.5 Å². The molecule has 0 aromatic heterocycles. The Hall–Kier alpha value is -0.380. The van der Waals surface area contributed by atoms with Gasteiger partial charge in [0.05, 0.1) is 12.1 Å². The topological polar surface area (TPSA) is 41.1 Å². The van der Waals surface area contributed by atoms with E-state index in [0.29, 0.717) is 17.3 Å². The van der Waals surface area contributed by atoms with Gasteiger partial charge in [0.15, 0.2) is 0 Å². The number of thioether (sulfide) groups is 1. The average Bonchev–Trinajstić information content (AvgIpc) is 2.72. The second-order valence-electron chi connectivity index (χ2n) is 5.30. The number of rotatable bonds is 5. The molecule has 2 rings (SSSR count). The third-order valence-corrected chi connectivity index (χ3v) is 4.97. The summed E-state index contributed by atoms with van der Waals surface area (Å²) in [5, 5.41) is 6.66. The minimum atomic E-state index is 0.0301. The van der Waals surface area contributed by atoms with Crippen LogP contribution in [0.4, 0.5) is 4.79 Å². The van der Waals surface area contributed by atoms with E-state index in [4.69, 9.17) is 0 Å². The molecule has 0 spiro atoms. The molecule has 0 aromatic carbocycles. The van der Waals surface area contributed by atoms with Crippen LogP contribution < -0.4 is 10.6 Å². The van der Waals surface area contributed by atoms with E-state index in [1.54, 1.807) is 0 Å². The van der Waals surface area contributed by atoms with Gasteiger partial charge in [0.25, 0.3) is 0 Å². The molecule has 2 heterocycles. The van der Waals surface area contributed by atoms with Crippen molar-refractivity contribution in [2.75, 3.05) is 5.75 Å². The first-order valence-electron chi connectivity index (χ1n) is 6.35. The highest BCUT2D eigenvalue weighted by atomic mass is 32.2. The van der Waals surface area contributed by atoms with Crippen LogP contribution in [0.3, 0.4) is 0 Å². The van der Waals surface area contributed by atoms with Crippen LogP contribution in [0.1, 0.15) is 39.5 Å². The summed E-state index contributed by atoms with van der Waals surface area (Å²) in [5.74, 6) is 1.90. The van der Waals surface area contributed by atoms with Crippen molar-refractivity contribution in [3.63, 3.8) is 0 Å². The standard InChI is InChI=1S/C12H22N2OS/c1-8(2)5-3-4-6-10-11-9(7-16-10)13-12(15)14-11/h8-11H,3-7H2,1-2H3,(H2,13,14,15)/t9-,10?,11-/m0/s1. The fourth-order valence-corrected chi connectivity index (χ4v) is 4.08. The van der Waals surface area contributed by atoms with Crippen LogP contribution in [0.2, 0.25) is 0 Å². The molecule has 2 aliphatic rings. The van der Waals surface area contributed by atoms with E-state index >= 15 is 0 Å². The fourth-order valence-electron chi connectivity index (χ4n) is 2.54. The van der Waals surface area contributed by atoms with E-state index in [1.165, 1.54) is 25.7 Å². The van der Waals surface area contributed by atoms with Crippen LogP contribution in [0.15, 0.2) is 0 Å². The molecule has 92 valence electrons. The van der Waals surface area contributed by atoms with Crippen molar-refractivity contribution in [1.29, 1.82) is 0 Å². The molecule has 0 radical (unpaired) electrons. The lowest BCUT2D eigenvalue weighted by Crippen LogP contribution is -2.36. The molecule has 0 bridgehead atoms. The predicted octanol–water partition coefficient (Wildman–Crippen LogP) is 2.37. The highest BCUT2D eigenvalue weighted by Crippen LogP contribution is 2.33. The predicted molar refractivity (Wildman–Crippen MR) is 68.8 cm³/mol. The van der Waals surface area contributed by atoms with Crippen LogP contribution in [0.5, 0.6) is 0 Å². The molecule has 2 amide bonds. The van der Waals surface area contributed by atoms with Crippen LogP contribution in [0.25, 0.3) is 0 Å². The lowest BCUT2D eigenvalue weighted by Gasteiger charge is -2.16. The fraction of sp³-hybridized carbons (Fsp3) is 0.917. The Labute approximate surface area is 102 Å². The monoisotopic (exact) mass is 242 g/mol. The van der Waals surface area contributed by atoms with Gasteiger partial charge in [0.2, 0.25) is 0 Å². The lowest BCUT2D eigenvalue weighted by molar-refractivity contribution is 0.247. The zero-order valence-corrected chi connectivity index (χ0v) is 11.0. The molecule has 0 aromatic rings.